The Hall–Kier alpha value is -3.82. The predicted octanol–water partition coefficient (Wildman–Crippen LogP) is 4.56. The number of carbonyl (C=O) groups is 2. The molecule has 0 aliphatic carbocycles. The average Bonchev–Trinajstić information content (AvgIpc) is 3.20. The summed E-state index contributed by atoms with van der Waals surface area (Å²) in [7, 11) is 1.43. The fourth-order valence-electron chi connectivity index (χ4n) is 3.81. The Balaban J connectivity index is 2.06. The van der Waals surface area contributed by atoms with Gasteiger partial charge in [0.1, 0.15) is 18.1 Å². The topological polar surface area (TPSA) is 84.7 Å². The van der Waals surface area contributed by atoms with E-state index < -0.39 is 17.7 Å². The Labute approximate surface area is 200 Å². The molecule has 35 heavy (non-hydrogen) atoms. The van der Waals surface area contributed by atoms with E-state index in [9.17, 15) is 22.8 Å². The molecule has 0 aliphatic rings. The van der Waals surface area contributed by atoms with Crippen molar-refractivity contribution in [2.24, 2.45) is 0 Å². The number of aryl methyl sites for hydroxylation is 1. The molecule has 186 valence electrons. The maximum Gasteiger partial charge on any atom is 0.416 e. The number of nitrogens with zero attached hydrogens (tertiary/aromatic N) is 3. The third kappa shape index (κ3) is 6.20. The Kier molecular flexibility index (Phi) is 7.83. The van der Waals surface area contributed by atoms with E-state index in [0.717, 1.165) is 12.1 Å². The first-order valence-corrected chi connectivity index (χ1v) is 10.9. The highest BCUT2D eigenvalue weighted by molar-refractivity contribution is 5.79. The van der Waals surface area contributed by atoms with Crippen LogP contribution in [-0.4, -0.2) is 45.1 Å². The highest BCUT2D eigenvalue weighted by Crippen LogP contribution is 2.38. The van der Waals surface area contributed by atoms with Crippen LogP contribution in [0, 0.1) is 6.92 Å². The summed E-state index contributed by atoms with van der Waals surface area (Å²) in [6, 6.07) is 8.09. The number of aromatic nitrogens is 2. The molecule has 2 aromatic carbocycles. The number of ether oxygens (including phenoxy) is 1. The molecule has 10 heteroatoms. The molecular weight excluding hydrogens is 463 g/mol. The van der Waals surface area contributed by atoms with Gasteiger partial charge in [0.15, 0.2) is 0 Å². The smallest absolute Gasteiger partial charge is 0.416 e. The summed E-state index contributed by atoms with van der Waals surface area (Å²) in [6.45, 7) is 3.71. The Bertz CT molecular complexity index is 1220. The molecule has 1 amide bonds. The van der Waals surface area contributed by atoms with Gasteiger partial charge < -0.3 is 19.3 Å². The number of alkyl halides is 3. The fraction of sp³-hybridized carbons (Fsp3) is 0.320. The molecule has 1 N–H and O–H groups in total. The molecule has 0 atom stereocenters. The van der Waals surface area contributed by atoms with Crippen molar-refractivity contribution >= 4 is 11.9 Å². The van der Waals surface area contributed by atoms with Crippen LogP contribution in [0.2, 0.25) is 0 Å². The predicted molar refractivity (Wildman–Crippen MR) is 123 cm³/mol. The number of methoxy groups -OCH3 is 1. The summed E-state index contributed by atoms with van der Waals surface area (Å²) in [5, 5.41) is 9.17. The van der Waals surface area contributed by atoms with Crippen LogP contribution in [0.3, 0.4) is 0 Å². The van der Waals surface area contributed by atoms with Crippen LogP contribution in [0.5, 0.6) is 5.75 Å². The lowest BCUT2D eigenvalue weighted by Crippen LogP contribution is -2.33. The molecule has 7 nitrogen and oxygen atoms in total. The van der Waals surface area contributed by atoms with E-state index in [0.29, 0.717) is 28.3 Å². The van der Waals surface area contributed by atoms with Crippen LogP contribution >= 0.6 is 0 Å². The molecule has 0 unspecified atom stereocenters. The van der Waals surface area contributed by atoms with E-state index in [1.54, 1.807) is 49.0 Å². The van der Waals surface area contributed by atoms with Crippen molar-refractivity contribution in [3.8, 4) is 16.9 Å². The Morgan fingerprint density at radius 3 is 2.46 bits per heavy atom. The van der Waals surface area contributed by atoms with E-state index in [2.05, 4.69) is 4.98 Å². The van der Waals surface area contributed by atoms with Gasteiger partial charge in [-0.1, -0.05) is 12.1 Å². The second-order valence-corrected chi connectivity index (χ2v) is 7.99. The van der Waals surface area contributed by atoms with Crippen molar-refractivity contribution < 1.29 is 32.6 Å². The maximum atomic E-state index is 13.5. The monoisotopic (exact) mass is 489 g/mol. The van der Waals surface area contributed by atoms with E-state index in [-0.39, 0.29) is 37.5 Å². The number of hydrogen-bond acceptors (Lipinski definition) is 4. The van der Waals surface area contributed by atoms with Crippen molar-refractivity contribution in [1.82, 2.24) is 14.5 Å². The second-order valence-electron chi connectivity index (χ2n) is 7.99. The molecule has 1 aromatic heterocycles. The Morgan fingerprint density at radius 1 is 1.14 bits per heavy atom. The number of benzene rings is 2. The summed E-state index contributed by atoms with van der Waals surface area (Å²) in [6.07, 6.45) is -1.59. The van der Waals surface area contributed by atoms with E-state index in [1.165, 1.54) is 18.1 Å². The van der Waals surface area contributed by atoms with Crippen molar-refractivity contribution in [3.63, 3.8) is 0 Å². The number of hydrogen-bond donors (Lipinski definition) is 1. The highest BCUT2D eigenvalue weighted by Gasteiger charge is 2.31. The minimum Gasteiger partial charge on any atom is -0.496 e. The number of rotatable bonds is 9. The Morgan fingerprint density at radius 2 is 1.89 bits per heavy atom. The maximum absolute atomic E-state index is 13.5. The third-order valence-corrected chi connectivity index (χ3v) is 5.67. The number of amides is 1. The van der Waals surface area contributed by atoms with Gasteiger partial charge in [-0.2, -0.15) is 13.2 Å². The van der Waals surface area contributed by atoms with Gasteiger partial charge in [0.05, 0.1) is 19.1 Å². The molecule has 1 heterocycles. The first kappa shape index (κ1) is 25.8. The number of halogens is 3. The van der Waals surface area contributed by atoms with Crippen molar-refractivity contribution in [2.75, 3.05) is 13.7 Å². The van der Waals surface area contributed by atoms with E-state index >= 15 is 0 Å². The number of carbonyl (C=O) groups excluding carboxylic acids is 1. The molecule has 0 saturated heterocycles. The van der Waals surface area contributed by atoms with Gasteiger partial charge in [0.25, 0.3) is 0 Å². The highest BCUT2D eigenvalue weighted by atomic mass is 19.4. The van der Waals surface area contributed by atoms with E-state index in [4.69, 9.17) is 9.84 Å². The number of carboxylic acid groups (broad SMARTS) is 1. The van der Waals surface area contributed by atoms with Crippen molar-refractivity contribution in [2.45, 2.75) is 39.5 Å². The lowest BCUT2D eigenvalue weighted by atomic mass is 9.94. The van der Waals surface area contributed by atoms with Crippen LogP contribution in [0.25, 0.3) is 11.1 Å². The SMILES string of the molecule is CCN(Cc1cc(C(F)(F)F)ccc1-c1cc(CC(=O)O)ccc1OC)C(=O)Cn1ccnc1C. The van der Waals surface area contributed by atoms with Crippen molar-refractivity contribution in [1.29, 1.82) is 0 Å². The summed E-state index contributed by atoms with van der Waals surface area (Å²) in [5.74, 6) is -0.285. The minimum atomic E-state index is -4.57. The fourth-order valence-corrected chi connectivity index (χ4v) is 3.81. The van der Waals surface area contributed by atoms with Gasteiger partial charge in [-0.05, 0) is 54.8 Å². The summed E-state index contributed by atoms with van der Waals surface area (Å²) >= 11 is 0. The molecular formula is C25H26F3N3O4. The number of aliphatic carboxylic acids is 1. The van der Waals surface area contributed by atoms with Gasteiger partial charge in [0.2, 0.25) is 5.91 Å². The van der Waals surface area contributed by atoms with Crippen LogP contribution in [0.15, 0.2) is 48.8 Å². The standard InChI is InChI=1S/C25H26F3N3O4/c1-4-30(23(32)15-31-10-9-29-16(31)2)14-18-13-19(25(26,27)28)6-7-20(18)21-11-17(12-24(33)34)5-8-22(21)35-3/h5-11,13H,4,12,14-15H2,1-3H3,(H,33,34). The molecule has 0 aliphatic heterocycles. The largest absolute Gasteiger partial charge is 0.496 e. The number of carboxylic acids is 1. The van der Waals surface area contributed by atoms with Crippen LogP contribution in [-0.2, 0) is 35.3 Å². The number of imidazole rings is 1. The summed E-state index contributed by atoms with van der Waals surface area (Å²) < 4.78 is 47.7. The molecule has 3 rings (SSSR count). The minimum absolute atomic E-state index is 0.00534. The zero-order valence-electron chi connectivity index (χ0n) is 19.6. The zero-order valence-corrected chi connectivity index (χ0v) is 19.6. The van der Waals surface area contributed by atoms with E-state index in [1.807, 2.05) is 0 Å². The van der Waals surface area contributed by atoms with Crippen LogP contribution in [0.4, 0.5) is 13.2 Å². The third-order valence-electron chi connectivity index (χ3n) is 5.67. The lowest BCUT2D eigenvalue weighted by molar-refractivity contribution is -0.138. The summed E-state index contributed by atoms with van der Waals surface area (Å²) in [4.78, 5) is 29.7. The second kappa shape index (κ2) is 10.6. The molecule has 0 saturated carbocycles. The molecule has 0 radical (unpaired) electrons. The molecule has 0 spiro atoms. The molecule has 0 bridgehead atoms. The first-order chi connectivity index (χ1) is 16.5. The van der Waals surface area contributed by atoms with Gasteiger partial charge in [-0.25, -0.2) is 4.98 Å². The average molecular weight is 489 g/mol. The lowest BCUT2D eigenvalue weighted by Gasteiger charge is -2.24. The van der Waals surface area contributed by atoms with Crippen LogP contribution in [0.1, 0.15) is 29.4 Å². The van der Waals surface area contributed by atoms with Crippen LogP contribution < -0.4 is 4.74 Å². The zero-order chi connectivity index (χ0) is 25.8. The first-order valence-electron chi connectivity index (χ1n) is 10.9. The molecule has 3 aromatic rings. The number of likely N-dealkylation sites (N-methyl/N-ethyl adjacent to an activating group) is 1. The summed E-state index contributed by atoms with van der Waals surface area (Å²) in [5.41, 5.74) is 0.767. The van der Waals surface area contributed by atoms with Crippen molar-refractivity contribution in [3.05, 3.63) is 71.3 Å². The van der Waals surface area contributed by atoms with Gasteiger partial charge in [0, 0.05) is 31.0 Å². The quantitative estimate of drug-likeness (QED) is 0.476. The van der Waals surface area contributed by atoms with Gasteiger partial charge in [-0.15, -0.1) is 0 Å². The van der Waals surface area contributed by atoms with Gasteiger partial charge in [-0.3, -0.25) is 9.59 Å². The normalized spacial score (nSPS) is 11.4. The van der Waals surface area contributed by atoms with Gasteiger partial charge >= 0.3 is 12.1 Å². The molecule has 0 fully saturated rings.